The van der Waals surface area contributed by atoms with Gasteiger partial charge in [-0.15, -0.1) is 0 Å². The van der Waals surface area contributed by atoms with Gasteiger partial charge in [0.25, 0.3) is 0 Å². The molecular weight excluding hydrogens is 166 g/mol. The molecule has 0 aliphatic heterocycles. The van der Waals surface area contributed by atoms with E-state index in [1.54, 1.807) is 18.2 Å². The molecule has 0 bridgehead atoms. The van der Waals surface area contributed by atoms with E-state index in [9.17, 15) is 4.79 Å². The Balaban J connectivity index is 2.53. The van der Waals surface area contributed by atoms with Gasteiger partial charge < -0.3 is 10.8 Å². The third-order valence-electron chi connectivity index (χ3n) is 2.36. The molecule has 3 nitrogen and oxygen atoms in total. The number of benzene rings is 1. The van der Waals surface area contributed by atoms with Crippen molar-refractivity contribution in [1.29, 1.82) is 0 Å². The summed E-state index contributed by atoms with van der Waals surface area (Å²) in [5.74, 6) is -0.499. The molecular formula is C10H11NO2. The summed E-state index contributed by atoms with van der Waals surface area (Å²) in [6.45, 7) is 0. The Labute approximate surface area is 76.2 Å². The molecule has 1 fully saturated rings. The van der Waals surface area contributed by atoms with Gasteiger partial charge in [0, 0.05) is 5.69 Å². The third kappa shape index (κ3) is 1.37. The maximum absolute atomic E-state index is 10.9. The normalized spacial score (nSPS) is 15.7. The Bertz CT molecular complexity index is 356. The molecule has 2 rings (SSSR count). The van der Waals surface area contributed by atoms with Crippen molar-refractivity contribution in [2.45, 2.75) is 18.8 Å². The average Bonchev–Trinajstić information content (AvgIpc) is 2.86. The molecule has 0 amide bonds. The van der Waals surface area contributed by atoms with Gasteiger partial charge in [0.1, 0.15) is 0 Å². The van der Waals surface area contributed by atoms with E-state index in [4.69, 9.17) is 10.8 Å². The summed E-state index contributed by atoms with van der Waals surface area (Å²) in [6.07, 6.45) is 2.13. The standard InChI is InChI=1S/C10H11NO2/c11-8-3-1-2-7(10(12)13)9(8)6-4-5-6/h1-3,6H,4-5,11H2,(H,12,13). The first-order valence-electron chi connectivity index (χ1n) is 4.32. The van der Waals surface area contributed by atoms with Crippen LogP contribution in [0.25, 0.3) is 0 Å². The lowest BCUT2D eigenvalue weighted by Gasteiger charge is -2.07. The van der Waals surface area contributed by atoms with Gasteiger partial charge >= 0.3 is 5.97 Å². The van der Waals surface area contributed by atoms with E-state index in [-0.39, 0.29) is 0 Å². The summed E-state index contributed by atoms with van der Waals surface area (Å²) in [7, 11) is 0. The van der Waals surface area contributed by atoms with Crippen LogP contribution >= 0.6 is 0 Å². The lowest BCUT2D eigenvalue weighted by Crippen LogP contribution is -2.04. The molecule has 1 aliphatic carbocycles. The largest absolute Gasteiger partial charge is 0.478 e. The van der Waals surface area contributed by atoms with Crippen LogP contribution in [0.15, 0.2) is 18.2 Å². The average molecular weight is 177 g/mol. The predicted octanol–water partition coefficient (Wildman–Crippen LogP) is 1.84. The van der Waals surface area contributed by atoms with Crippen molar-refractivity contribution in [2.75, 3.05) is 5.73 Å². The molecule has 13 heavy (non-hydrogen) atoms. The van der Waals surface area contributed by atoms with Crippen molar-refractivity contribution >= 4 is 11.7 Å². The van der Waals surface area contributed by atoms with Gasteiger partial charge in [0.2, 0.25) is 0 Å². The van der Waals surface area contributed by atoms with E-state index in [1.807, 2.05) is 0 Å². The van der Waals surface area contributed by atoms with Crippen LogP contribution in [0.5, 0.6) is 0 Å². The van der Waals surface area contributed by atoms with Gasteiger partial charge in [-0.2, -0.15) is 0 Å². The molecule has 0 radical (unpaired) electrons. The Kier molecular flexibility index (Phi) is 1.72. The molecule has 1 saturated carbocycles. The zero-order valence-electron chi connectivity index (χ0n) is 7.16. The number of nitrogen functional groups attached to an aromatic ring is 1. The quantitative estimate of drug-likeness (QED) is 0.677. The van der Waals surface area contributed by atoms with Gasteiger partial charge in [-0.05, 0) is 36.5 Å². The summed E-state index contributed by atoms with van der Waals surface area (Å²) in [5.41, 5.74) is 7.54. The Hall–Kier alpha value is -1.51. The highest BCUT2D eigenvalue weighted by Gasteiger charge is 2.29. The fourth-order valence-corrected chi connectivity index (χ4v) is 1.60. The smallest absolute Gasteiger partial charge is 0.336 e. The Morgan fingerprint density at radius 2 is 2.15 bits per heavy atom. The molecule has 3 heteroatoms. The van der Waals surface area contributed by atoms with Crippen molar-refractivity contribution in [3.05, 3.63) is 29.3 Å². The number of carbonyl (C=O) groups is 1. The van der Waals surface area contributed by atoms with Crippen LogP contribution in [0.3, 0.4) is 0 Å². The minimum absolute atomic E-state index is 0.363. The Morgan fingerprint density at radius 1 is 1.46 bits per heavy atom. The molecule has 0 aromatic heterocycles. The Morgan fingerprint density at radius 3 is 2.69 bits per heavy atom. The maximum atomic E-state index is 10.9. The second kappa shape index (κ2) is 2.76. The summed E-state index contributed by atoms with van der Waals surface area (Å²) in [6, 6.07) is 5.07. The van der Waals surface area contributed by atoms with Crippen LogP contribution < -0.4 is 5.73 Å². The maximum Gasteiger partial charge on any atom is 0.336 e. The number of nitrogens with two attached hydrogens (primary N) is 1. The minimum atomic E-state index is -0.880. The van der Waals surface area contributed by atoms with Crippen molar-refractivity contribution in [1.82, 2.24) is 0 Å². The number of aromatic carboxylic acids is 1. The minimum Gasteiger partial charge on any atom is -0.478 e. The highest BCUT2D eigenvalue weighted by atomic mass is 16.4. The first-order chi connectivity index (χ1) is 6.20. The second-order valence-electron chi connectivity index (χ2n) is 3.39. The fraction of sp³-hybridized carbons (Fsp3) is 0.300. The highest BCUT2D eigenvalue weighted by Crippen LogP contribution is 2.44. The first-order valence-corrected chi connectivity index (χ1v) is 4.32. The van der Waals surface area contributed by atoms with Gasteiger partial charge in [-0.3, -0.25) is 0 Å². The molecule has 1 aromatic rings. The highest BCUT2D eigenvalue weighted by molar-refractivity contribution is 5.91. The molecule has 1 aromatic carbocycles. The molecule has 0 heterocycles. The summed E-state index contributed by atoms with van der Waals surface area (Å²) < 4.78 is 0. The van der Waals surface area contributed by atoms with E-state index in [1.165, 1.54) is 0 Å². The lowest BCUT2D eigenvalue weighted by atomic mass is 10.0. The van der Waals surface area contributed by atoms with E-state index in [0.29, 0.717) is 17.2 Å². The van der Waals surface area contributed by atoms with Crippen LogP contribution in [0.2, 0.25) is 0 Å². The van der Waals surface area contributed by atoms with Gasteiger partial charge in [-0.25, -0.2) is 4.79 Å². The summed E-state index contributed by atoms with van der Waals surface area (Å²) in [5, 5.41) is 8.91. The molecule has 0 spiro atoms. The van der Waals surface area contributed by atoms with Crippen LogP contribution in [0, 0.1) is 0 Å². The lowest BCUT2D eigenvalue weighted by molar-refractivity contribution is 0.0695. The molecule has 0 unspecified atom stereocenters. The molecule has 68 valence electrons. The van der Waals surface area contributed by atoms with Crippen LogP contribution in [-0.2, 0) is 0 Å². The number of rotatable bonds is 2. The van der Waals surface area contributed by atoms with Crippen molar-refractivity contribution in [3.63, 3.8) is 0 Å². The van der Waals surface area contributed by atoms with Crippen molar-refractivity contribution in [3.8, 4) is 0 Å². The van der Waals surface area contributed by atoms with Crippen LogP contribution in [0.4, 0.5) is 5.69 Å². The number of hydrogen-bond donors (Lipinski definition) is 2. The van der Waals surface area contributed by atoms with E-state index in [0.717, 1.165) is 18.4 Å². The van der Waals surface area contributed by atoms with Crippen LogP contribution in [-0.4, -0.2) is 11.1 Å². The molecule has 0 atom stereocenters. The zero-order chi connectivity index (χ0) is 9.42. The van der Waals surface area contributed by atoms with Crippen LogP contribution in [0.1, 0.15) is 34.7 Å². The molecule has 1 aliphatic rings. The number of hydrogen-bond acceptors (Lipinski definition) is 2. The number of anilines is 1. The second-order valence-corrected chi connectivity index (χ2v) is 3.39. The number of carboxylic acids is 1. The van der Waals surface area contributed by atoms with Gasteiger partial charge in [0.15, 0.2) is 0 Å². The molecule has 3 N–H and O–H groups in total. The van der Waals surface area contributed by atoms with E-state index in [2.05, 4.69) is 0 Å². The van der Waals surface area contributed by atoms with E-state index >= 15 is 0 Å². The summed E-state index contributed by atoms with van der Waals surface area (Å²) in [4.78, 5) is 10.9. The monoisotopic (exact) mass is 177 g/mol. The van der Waals surface area contributed by atoms with Crippen molar-refractivity contribution < 1.29 is 9.90 Å². The van der Waals surface area contributed by atoms with E-state index < -0.39 is 5.97 Å². The van der Waals surface area contributed by atoms with Gasteiger partial charge in [0.05, 0.1) is 5.56 Å². The first kappa shape index (κ1) is 8.10. The topological polar surface area (TPSA) is 63.3 Å². The van der Waals surface area contributed by atoms with Gasteiger partial charge in [-0.1, -0.05) is 6.07 Å². The summed E-state index contributed by atoms with van der Waals surface area (Å²) >= 11 is 0. The molecule has 0 saturated heterocycles. The number of carboxylic acid groups (broad SMARTS) is 1. The van der Waals surface area contributed by atoms with Crippen molar-refractivity contribution in [2.24, 2.45) is 0 Å². The zero-order valence-corrected chi connectivity index (χ0v) is 7.16. The fourth-order valence-electron chi connectivity index (χ4n) is 1.60. The third-order valence-corrected chi connectivity index (χ3v) is 2.36. The SMILES string of the molecule is Nc1cccc(C(=O)O)c1C1CC1. The predicted molar refractivity (Wildman–Crippen MR) is 49.8 cm³/mol.